The number of hydrogen-bond donors (Lipinski definition) is 0. The van der Waals surface area contributed by atoms with Crippen LogP contribution in [0.5, 0.6) is 0 Å². The Kier molecular flexibility index (Phi) is 4.77. The number of hydrogen-bond acceptors (Lipinski definition) is 5. The van der Waals surface area contributed by atoms with Crippen molar-refractivity contribution in [1.82, 2.24) is 0 Å². The fourth-order valence-corrected chi connectivity index (χ4v) is 5.95. The molecule has 6 heteroatoms. The first-order valence-corrected chi connectivity index (χ1v) is 10.9. The fraction of sp³-hybridized carbons (Fsp3) is 0.727. The minimum absolute atomic E-state index is 0.188. The van der Waals surface area contributed by atoms with Crippen LogP contribution in [0.1, 0.15) is 52.0 Å². The Balaban J connectivity index is 1.40. The van der Waals surface area contributed by atoms with E-state index in [2.05, 4.69) is 13.8 Å². The zero-order valence-electron chi connectivity index (χ0n) is 16.7. The normalized spacial score (nSPS) is 47.4. The molecule has 5 nitrogen and oxygen atoms in total. The second-order valence-electron chi connectivity index (χ2n) is 9.21. The van der Waals surface area contributed by atoms with Crippen LogP contribution in [0.2, 0.25) is 5.02 Å². The number of ether oxygens (including phenoxy) is 3. The third kappa shape index (κ3) is 2.94. The Morgan fingerprint density at radius 1 is 1.07 bits per heavy atom. The summed E-state index contributed by atoms with van der Waals surface area (Å²) in [5.41, 5.74) is 0.540. The minimum Gasteiger partial charge on any atom is -0.348 e. The van der Waals surface area contributed by atoms with Crippen molar-refractivity contribution in [2.45, 2.75) is 77.0 Å². The first kappa shape index (κ1) is 19.3. The summed E-state index contributed by atoms with van der Waals surface area (Å²) in [7, 11) is 0. The van der Waals surface area contributed by atoms with E-state index in [9.17, 15) is 0 Å². The average Bonchev–Trinajstić information content (AvgIpc) is 2.91. The highest BCUT2D eigenvalue weighted by molar-refractivity contribution is 6.30. The molecule has 0 aromatic heterocycles. The molecule has 1 aliphatic carbocycles. The van der Waals surface area contributed by atoms with E-state index >= 15 is 0 Å². The SMILES string of the molecule is C[C@H]1[C@@H](OCc2ccc(Cl)cc2)O[C@@H]2O[C@@]3(C)CC[C@H]4[C@H](C)CC[C@@H]1[C@@]24OO3. The standard InChI is InChI=1S/C22H29ClO5/c1-13-4-9-18-14(2)19(24-12-15-5-7-16(23)8-6-15)25-20-22(18)17(13)10-11-21(3,26-20)27-28-22/h5-8,13-14,17-20H,4,9-12H2,1-3H3/t13-,14-,17+,18+,19+,20-,21-,22-/m1/s1. The minimum atomic E-state index is -0.751. The van der Waals surface area contributed by atoms with Crippen molar-refractivity contribution < 1.29 is 24.0 Å². The third-order valence-corrected chi connectivity index (χ3v) is 7.68. The summed E-state index contributed by atoms with van der Waals surface area (Å²) in [4.78, 5) is 12.0. The van der Waals surface area contributed by atoms with Crippen molar-refractivity contribution in [3.8, 4) is 0 Å². The van der Waals surface area contributed by atoms with Crippen molar-refractivity contribution in [2.75, 3.05) is 0 Å². The average molecular weight is 409 g/mol. The molecular formula is C22H29ClO5. The van der Waals surface area contributed by atoms with Crippen LogP contribution < -0.4 is 0 Å². The van der Waals surface area contributed by atoms with Crippen molar-refractivity contribution in [3.05, 3.63) is 34.9 Å². The van der Waals surface area contributed by atoms with Crippen molar-refractivity contribution >= 4 is 11.6 Å². The summed E-state index contributed by atoms with van der Waals surface area (Å²) >= 11 is 5.99. The van der Waals surface area contributed by atoms with E-state index in [1.165, 1.54) is 6.42 Å². The number of rotatable bonds is 3. The summed E-state index contributed by atoms with van der Waals surface area (Å²) in [6, 6.07) is 7.73. The van der Waals surface area contributed by atoms with E-state index in [0.717, 1.165) is 29.8 Å². The van der Waals surface area contributed by atoms with Crippen LogP contribution in [-0.2, 0) is 30.6 Å². The highest BCUT2D eigenvalue weighted by Crippen LogP contribution is 2.60. The van der Waals surface area contributed by atoms with E-state index in [1.807, 2.05) is 31.2 Å². The smallest absolute Gasteiger partial charge is 0.201 e. The van der Waals surface area contributed by atoms with Crippen LogP contribution in [0, 0.1) is 23.7 Å². The second-order valence-corrected chi connectivity index (χ2v) is 9.65. The maximum Gasteiger partial charge on any atom is 0.201 e. The van der Waals surface area contributed by atoms with E-state index in [1.54, 1.807) is 0 Å². The Morgan fingerprint density at radius 2 is 1.86 bits per heavy atom. The van der Waals surface area contributed by atoms with Crippen LogP contribution >= 0.6 is 11.6 Å². The van der Waals surface area contributed by atoms with E-state index < -0.39 is 17.7 Å². The van der Waals surface area contributed by atoms with Crippen LogP contribution in [0.3, 0.4) is 0 Å². The molecule has 5 aliphatic rings. The van der Waals surface area contributed by atoms with Gasteiger partial charge in [0.2, 0.25) is 5.79 Å². The van der Waals surface area contributed by atoms with E-state index in [0.29, 0.717) is 18.4 Å². The number of benzene rings is 1. The first-order valence-electron chi connectivity index (χ1n) is 10.5. The molecule has 1 aromatic rings. The predicted octanol–water partition coefficient (Wildman–Crippen LogP) is 5.06. The fourth-order valence-electron chi connectivity index (χ4n) is 5.82. The zero-order chi connectivity index (χ0) is 19.5. The van der Waals surface area contributed by atoms with Gasteiger partial charge in [0.25, 0.3) is 0 Å². The summed E-state index contributed by atoms with van der Waals surface area (Å²) in [6.07, 6.45) is 3.33. The van der Waals surface area contributed by atoms with Gasteiger partial charge in [0.15, 0.2) is 18.2 Å². The Bertz CT molecular complexity index is 726. The second kappa shape index (κ2) is 6.93. The van der Waals surface area contributed by atoms with Crippen molar-refractivity contribution in [2.24, 2.45) is 23.7 Å². The highest BCUT2D eigenvalue weighted by Gasteiger charge is 2.69. The monoisotopic (exact) mass is 408 g/mol. The lowest BCUT2D eigenvalue weighted by Crippen LogP contribution is -2.70. The molecule has 6 rings (SSSR count). The van der Waals surface area contributed by atoms with Gasteiger partial charge in [-0.25, -0.2) is 9.78 Å². The van der Waals surface area contributed by atoms with Gasteiger partial charge in [0.05, 0.1) is 6.61 Å². The van der Waals surface area contributed by atoms with Crippen LogP contribution in [0.25, 0.3) is 0 Å². The Morgan fingerprint density at radius 3 is 2.64 bits per heavy atom. The quantitative estimate of drug-likeness (QED) is 0.654. The molecule has 1 aromatic carbocycles. The molecule has 1 spiro atoms. The zero-order valence-corrected chi connectivity index (χ0v) is 17.5. The molecule has 8 atom stereocenters. The lowest BCUT2D eigenvalue weighted by atomic mass is 9.58. The molecule has 5 fully saturated rings. The first-order chi connectivity index (χ1) is 13.4. The van der Waals surface area contributed by atoms with Gasteiger partial charge in [-0.05, 0) is 55.7 Å². The number of halogens is 1. The Labute approximate surface area is 171 Å². The molecular weight excluding hydrogens is 380 g/mol. The maximum absolute atomic E-state index is 6.43. The molecule has 0 N–H and O–H groups in total. The molecule has 2 bridgehead atoms. The van der Waals surface area contributed by atoms with E-state index in [4.69, 9.17) is 35.6 Å². The lowest BCUT2D eigenvalue weighted by Gasteiger charge is -2.60. The van der Waals surface area contributed by atoms with Gasteiger partial charge in [-0.15, -0.1) is 0 Å². The lowest BCUT2D eigenvalue weighted by molar-refractivity contribution is -0.577. The van der Waals surface area contributed by atoms with Gasteiger partial charge in [0.1, 0.15) is 0 Å². The molecule has 1 saturated carbocycles. The predicted molar refractivity (Wildman–Crippen MR) is 103 cm³/mol. The third-order valence-electron chi connectivity index (χ3n) is 7.42. The Hall–Kier alpha value is -0.690. The van der Waals surface area contributed by atoms with Crippen LogP contribution in [0.15, 0.2) is 24.3 Å². The van der Waals surface area contributed by atoms with E-state index in [-0.39, 0.29) is 18.1 Å². The van der Waals surface area contributed by atoms with Crippen molar-refractivity contribution in [3.63, 3.8) is 0 Å². The molecule has 4 aliphatic heterocycles. The molecule has 0 amide bonds. The largest absolute Gasteiger partial charge is 0.348 e. The summed E-state index contributed by atoms with van der Waals surface area (Å²) in [5.74, 6) is 0.659. The molecule has 154 valence electrons. The summed E-state index contributed by atoms with van der Waals surface area (Å²) in [5, 5.41) is 0.726. The molecule has 0 radical (unpaired) electrons. The van der Waals surface area contributed by atoms with Gasteiger partial charge >= 0.3 is 0 Å². The topological polar surface area (TPSA) is 46.2 Å². The highest BCUT2D eigenvalue weighted by atomic mass is 35.5. The molecule has 28 heavy (non-hydrogen) atoms. The van der Waals surface area contributed by atoms with Crippen molar-refractivity contribution in [1.29, 1.82) is 0 Å². The van der Waals surface area contributed by atoms with Gasteiger partial charge in [-0.1, -0.05) is 37.6 Å². The maximum atomic E-state index is 6.43. The summed E-state index contributed by atoms with van der Waals surface area (Å²) < 4.78 is 19.0. The van der Waals surface area contributed by atoms with Gasteiger partial charge < -0.3 is 14.2 Å². The van der Waals surface area contributed by atoms with Gasteiger partial charge in [-0.3, -0.25) is 0 Å². The molecule has 4 saturated heterocycles. The van der Waals surface area contributed by atoms with Crippen LogP contribution in [0.4, 0.5) is 0 Å². The molecule has 0 unspecified atom stereocenters. The summed E-state index contributed by atoms with van der Waals surface area (Å²) in [6.45, 7) is 6.96. The molecule has 4 heterocycles. The number of fused-ring (bicyclic) bond motifs is 2. The van der Waals surface area contributed by atoms with Gasteiger partial charge in [0, 0.05) is 23.3 Å². The van der Waals surface area contributed by atoms with Gasteiger partial charge in [-0.2, -0.15) is 0 Å². The van der Waals surface area contributed by atoms with Crippen LogP contribution in [-0.4, -0.2) is 24.0 Å².